The second-order valence-electron chi connectivity index (χ2n) is 6.99. The first kappa shape index (κ1) is 17.7. The monoisotopic (exact) mass is 313 g/mol. The molecule has 0 aromatic rings. The van der Waals surface area contributed by atoms with Crippen LogP contribution in [0.25, 0.3) is 4.85 Å². The molecule has 0 N–H and O–H groups in total. The van der Waals surface area contributed by atoms with Crippen molar-refractivity contribution >= 4 is 0 Å². The number of ether oxygens (including phenoxy) is 1. The summed E-state index contributed by atoms with van der Waals surface area (Å²) in [5.74, 6) is 0.635. The molecule has 1 saturated heterocycles. The lowest BCUT2D eigenvalue weighted by Crippen LogP contribution is -2.32. The summed E-state index contributed by atoms with van der Waals surface area (Å²) in [6.07, 6.45) is 10.9. The van der Waals surface area contributed by atoms with Crippen LogP contribution in [0.2, 0.25) is 0 Å². The van der Waals surface area contributed by atoms with E-state index >= 15 is 0 Å². The van der Waals surface area contributed by atoms with Crippen LogP contribution in [0.15, 0.2) is 23.4 Å². The topological polar surface area (TPSA) is 40.6 Å². The lowest BCUT2D eigenvalue weighted by molar-refractivity contribution is 0.00475. The Kier molecular flexibility index (Phi) is 6.39. The third-order valence-corrected chi connectivity index (χ3v) is 5.01. The van der Waals surface area contributed by atoms with Gasteiger partial charge in [0.05, 0.1) is 24.8 Å². The number of hydrogen-bond acceptors (Lipinski definition) is 3. The van der Waals surface area contributed by atoms with E-state index in [2.05, 4.69) is 36.0 Å². The molecule has 2 fully saturated rings. The Hall–Kier alpha value is -1.62. The third kappa shape index (κ3) is 4.93. The van der Waals surface area contributed by atoms with E-state index in [9.17, 15) is 0 Å². The van der Waals surface area contributed by atoms with Crippen molar-refractivity contribution in [3.63, 3.8) is 0 Å². The highest BCUT2D eigenvalue weighted by atomic mass is 16.5. The van der Waals surface area contributed by atoms with Gasteiger partial charge in [-0.05, 0) is 71.0 Å². The molecule has 124 valence electrons. The molecular formula is C19H27N3O. The predicted molar refractivity (Wildman–Crippen MR) is 91.4 cm³/mol. The maximum Gasteiger partial charge on any atom is 0.261 e. The highest BCUT2D eigenvalue weighted by Gasteiger charge is 2.25. The summed E-state index contributed by atoms with van der Waals surface area (Å²) in [7, 11) is 4.33. The number of rotatable bonds is 3. The quantitative estimate of drug-likeness (QED) is 0.450. The van der Waals surface area contributed by atoms with Gasteiger partial charge in [0.2, 0.25) is 0 Å². The first-order valence-electron chi connectivity index (χ1n) is 8.53. The molecule has 4 heteroatoms. The van der Waals surface area contributed by atoms with Gasteiger partial charge in [-0.2, -0.15) is 0 Å². The van der Waals surface area contributed by atoms with Crippen LogP contribution in [0, 0.1) is 23.8 Å². The van der Waals surface area contributed by atoms with E-state index in [1.165, 1.54) is 25.7 Å². The Bertz CT molecular complexity index is 526. The van der Waals surface area contributed by atoms with E-state index in [0.717, 1.165) is 11.6 Å². The van der Waals surface area contributed by atoms with Crippen LogP contribution >= 0.6 is 0 Å². The first-order chi connectivity index (χ1) is 11.0. The highest BCUT2D eigenvalue weighted by molar-refractivity contribution is 5.35. The fraction of sp³-hybridized carbons (Fsp3) is 0.684. The molecule has 2 atom stereocenters. The Labute approximate surface area is 140 Å². The van der Waals surface area contributed by atoms with Gasteiger partial charge in [0.25, 0.3) is 5.70 Å². The molecule has 2 unspecified atom stereocenters. The number of allylic oxidation sites excluding steroid dienone is 2. The Morgan fingerprint density at radius 2 is 1.96 bits per heavy atom. The van der Waals surface area contributed by atoms with E-state index in [0.29, 0.717) is 18.8 Å². The fourth-order valence-corrected chi connectivity index (χ4v) is 3.65. The second kappa shape index (κ2) is 8.29. The van der Waals surface area contributed by atoms with Crippen molar-refractivity contribution < 1.29 is 4.74 Å². The minimum atomic E-state index is 0.00502. The molecule has 4 nitrogen and oxygen atoms in total. The lowest BCUT2D eigenvalue weighted by atomic mass is 9.85. The van der Waals surface area contributed by atoms with Crippen LogP contribution < -0.4 is 0 Å². The number of hydrogen-bond donors (Lipinski definition) is 0. The molecule has 0 bridgehead atoms. The van der Waals surface area contributed by atoms with Crippen molar-refractivity contribution in [2.45, 2.75) is 63.7 Å². The van der Waals surface area contributed by atoms with Gasteiger partial charge >= 0.3 is 0 Å². The normalized spacial score (nSPS) is 34.2. The molecule has 2 rings (SSSR count). The summed E-state index contributed by atoms with van der Waals surface area (Å²) in [6, 6.07) is 2.74. The smallest absolute Gasteiger partial charge is 0.261 e. The van der Waals surface area contributed by atoms with Crippen molar-refractivity contribution in [3.8, 4) is 6.07 Å². The molecular weight excluding hydrogens is 286 g/mol. The summed E-state index contributed by atoms with van der Waals surface area (Å²) < 4.78 is 5.96. The van der Waals surface area contributed by atoms with E-state index in [1.54, 1.807) is 0 Å². The zero-order chi connectivity index (χ0) is 16.8. The van der Waals surface area contributed by atoms with Gasteiger partial charge < -0.3 is 9.64 Å². The first-order valence-corrected chi connectivity index (χ1v) is 8.53. The van der Waals surface area contributed by atoms with Crippen molar-refractivity contribution in [2.24, 2.45) is 5.92 Å². The summed E-state index contributed by atoms with van der Waals surface area (Å²) in [5.41, 5.74) is 1.21. The van der Waals surface area contributed by atoms with Crippen molar-refractivity contribution in [2.75, 3.05) is 14.1 Å². The van der Waals surface area contributed by atoms with Crippen LogP contribution in [0.4, 0.5) is 0 Å². The van der Waals surface area contributed by atoms with Crippen LogP contribution in [-0.4, -0.2) is 37.2 Å². The highest BCUT2D eigenvalue weighted by Crippen LogP contribution is 2.30. The summed E-state index contributed by atoms with van der Waals surface area (Å²) in [5, 5.41) is 9.07. The third-order valence-electron chi connectivity index (χ3n) is 5.01. The van der Waals surface area contributed by atoms with Gasteiger partial charge in [0.1, 0.15) is 0 Å². The minimum absolute atomic E-state index is 0.00502. The molecule has 1 aliphatic heterocycles. The Balaban J connectivity index is 1.94. The van der Waals surface area contributed by atoms with Gasteiger partial charge in [0, 0.05) is 6.04 Å². The molecule has 23 heavy (non-hydrogen) atoms. The Morgan fingerprint density at radius 3 is 2.52 bits per heavy atom. The van der Waals surface area contributed by atoms with Gasteiger partial charge in [0.15, 0.2) is 0 Å². The molecule has 1 heterocycles. The van der Waals surface area contributed by atoms with Crippen LogP contribution in [0.5, 0.6) is 0 Å². The molecule has 0 spiro atoms. The molecule has 0 amide bonds. The van der Waals surface area contributed by atoms with E-state index in [-0.39, 0.29) is 17.9 Å². The van der Waals surface area contributed by atoms with Crippen LogP contribution in [0.1, 0.15) is 45.4 Å². The van der Waals surface area contributed by atoms with Crippen molar-refractivity contribution in [1.82, 2.24) is 4.90 Å². The maximum absolute atomic E-state index is 9.07. The average molecular weight is 313 g/mol. The zero-order valence-corrected chi connectivity index (χ0v) is 14.5. The maximum atomic E-state index is 9.07. The summed E-state index contributed by atoms with van der Waals surface area (Å²) in [4.78, 5) is 5.69. The van der Waals surface area contributed by atoms with Gasteiger partial charge in [-0.25, -0.2) is 10.1 Å². The Morgan fingerprint density at radius 1 is 1.26 bits per heavy atom. The largest absolute Gasteiger partial charge is 0.371 e. The van der Waals surface area contributed by atoms with E-state index in [1.807, 2.05) is 13.0 Å². The van der Waals surface area contributed by atoms with E-state index in [4.69, 9.17) is 16.6 Å². The summed E-state index contributed by atoms with van der Waals surface area (Å²) >= 11 is 0. The SMILES string of the molecule is [C-]#[N+]/C(C#N)=C1\CC(C)OC(/C=C/C2CCC(N(C)C)CC2)C1. The fourth-order valence-electron chi connectivity index (χ4n) is 3.65. The second-order valence-corrected chi connectivity index (χ2v) is 6.99. The van der Waals surface area contributed by atoms with Crippen LogP contribution in [-0.2, 0) is 4.74 Å². The van der Waals surface area contributed by atoms with Crippen molar-refractivity contribution in [1.29, 1.82) is 5.26 Å². The van der Waals surface area contributed by atoms with Gasteiger partial charge in [-0.1, -0.05) is 12.2 Å². The number of nitriles is 1. The predicted octanol–water partition coefficient (Wildman–Crippen LogP) is 3.93. The van der Waals surface area contributed by atoms with Gasteiger partial charge in [-0.3, -0.25) is 0 Å². The molecule has 2 aliphatic rings. The zero-order valence-electron chi connectivity index (χ0n) is 14.5. The standard InChI is InChI=1S/C19H27N3O/c1-14-11-16(19(13-20)21-2)12-18(23-14)10-7-15-5-8-17(9-6-15)22(3)4/h7,10,14-15,17-18H,5-6,8-9,11-12H2,1,3-4H3/b10-7+,19-16+. The number of nitrogens with zero attached hydrogens (tertiary/aromatic N) is 3. The lowest BCUT2D eigenvalue weighted by Gasteiger charge is -2.32. The molecule has 0 radical (unpaired) electrons. The molecule has 0 aromatic heterocycles. The van der Waals surface area contributed by atoms with E-state index < -0.39 is 0 Å². The molecule has 0 aromatic carbocycles. The van der Waals surface area contributed by atoms with Crippen LogP contribution in [0.3, 0.4) is 0 Å². The minimum Gasteiger partial charge on any atom is -0.371 e. The summed E-state index contributed by atoms with van der Waals surface area (Å²) in [6.45, 7) is 9.14. The molecule has 1 aliphatic carbocycles. The molecule has 1 saturated carbocycles. The average Bonchev–Trinajstić information content (AvgIpc) is 2.54. The van der Waals surface area contributed by atoms with Crippen molar-refractivity contribution in [3.05, 3.63) is 34.8 Å². The van der Waals surface area contributed by atoms with Gasteiger partial charge in [-0.15, -0.1) is 0 Å².